The second-order valence-electron chi connectivity index (χ2n) is 3.88. The largest absolute Gasteiger partial charge is 0.325 e. The third kappa shape index (κ3) is 1.71. The number of rotatable bonds is 2. The van der Waals surface area contributed by atoms with Crippen LogP contribution in [0.2, 0.25) is 0 Å². The summed E-state index contributed by atoms with van der Waals surface area (Å²) in [5, 5.41) is 9.79. The third-order valence-corrected chi connectivity index (χ3v) is 3.41. The lowest BCUT2D eigenvalue weighted by atomic mass is 10.0. The number of nitrogens with one attached hydrogen (secondary N) is 1. The normalized spacial score (nSPS) is 10.9. The molecule has 0 bridgehead atoms. The number of nitrogens with two attached hydrogens (primary N) is 1. The molecule has 0 spiro atoms. The van der Waals surface area contributed by atoms with Crippen LogP contribution in [0.4, 0.5) is 0 Å². The summed E-state index contributed by atoms with van der Waals surface area (Å²) in [5.41, 5.74) is 8.18. The van der Waals surface area contributed by atoms with Crippen LogP contribution >= 0.6 is 11.5 Å². The molecule has 3 rings (SSSR count). The van der Waals surface area contributed by atoms with Gasteiger partial charge in [-0.1, -0.05) is 6.07 Å². The molecule has 0 atom stereocenters. The van der Waals surface area contributed by atoms with Gasteiger partial charge in [-0.05, 0) is 29.2 Å². The molecule has 0 saturated carbocycles. The summed E-state index contributed by atoms with van der Waals surface area (Å²) in [6.45, 7) is 0.290. The lowest BCUT2D eigenvalue weighted by Gasteiger charge is -2.04. The first-order valence-corrected chi connectivity index (χ1v) is 6.24. The number of hydrogen-bond acceptors (Lipinski definition) is 5. The highest BCUT2D eigenvalue weighted by Gasteiger charge is 2.07. The Labute approximate surface area is 106 Å². The Morgan fingerprint density at radius 1 is 1.28 bits per heavy atom. The van der Waals surface area contributed by atoms with Gasteiger partial charge in [-0.25, -0.2) is 9.47 Å². The predicted octanol–water partition coefficient (Wildman–Crippen LogP) is 1.51. The molecule has 0 unspecified atom stereocenters. The molecular formula is C12H10N4OS. The van der Waals surface area contributed by atoms with Crippen molar-refractivity contribution < 1.29 is 0 Å². The third-order valence-electron chi connectivity index (χ3n) is 2.83. The van der Waals surface area contributed by atoms with E-state index in [0.717, 1.165) is 16.5 Å². The molecule has 2 heterocycles. The fourth-order valence-electron chi connectivity index (χ4n) is 1.90. The SMILES string of the molecule is NCc1n[nH]c(=O)c2ccc(-c3cnsc3)cc12. The quantitative estimate of drug-likeness (QED) is 0.729. The predicted molar refractivity (Wildman–Crippen MR) is 71.4 cm³/mol. The number of fused-ring (bicyclic) bond motifs is 1. The molecule has 3 aromatic rings. The molecule has 18 heavy (non-hydrogen) atoms. The first kappa shape index (κ1) is 11.1. The van der Waals surface area contributed by atoms with E-state index in [2.05, 4.69) is 14.6 Å². The molecule has 0 aliphatic carbocycles. The van der Waals surface area contributed by atoms with E-state index in [1.807, 2.05) is 17.5 Å². The van der Waals surface area contributed by atoms with Gasteiger partial charge >= 0.3 is 0 Å². The molecule has 0 amide bonds. The molecule has 0 saturated heterocycles. The smallest absolute Gasteiger partial charge is 0.272 e. The topological polar surface area (TPSA) is 84.7 Å². The molecule has 0 fully saturated rings. The first-order valence-electron chi connectivity index (χ1n) is 5.40. The Balaban J connectivity index is 2.31. The van der Waals surface area contributed by atoms with Gasteiger partial charge in [0.25, 0.3) is 5.56 Å². The van der Waals surface area contributed by atoms with E-state index in [1.165, 1.54) is 11.5 Å². The number of H-pyrrole nitrogens is 1. The number of nitrogens with zero attached hydrogens (tertiary/aromatic N) is 2. The summed E-state index contributed by atoms with van der Waals surface area (Å²) in [4.78, 5) is 11.7. The second kappa shape index (κ2) is 4.32. The van der Waals surface area contributed by atoms with E-state index in [4.69, 9.17) is 5.73 Å². The van der Waals surface area contributed by atoms with Crippen molar-refractivity contribution in [1.29, 1.82) is 0 Å². The average Bonchev–Trinajstić information content (AvgIpc) is 2.93. The molecular weight excluding hydrogens is 248 g/mol. The summed E-state index contributed by atoms with van der Waals surface area (Å²) in [6.07, 6.45) is 1.80. The highest BCUT2D eigenvalue weighted by molar-refractivity contribution is 7.03. The second-order valence-corrected chi connectivity index (χ2v) is 4.53. The summed E-state index contributed by atoms with van der Waals surface area (Å²) in [7, 11) is 0. The maximum Gasteiger partial charge on any atom is 0.272 e. The maximum absolute atomic E-state index is 11.7. The lowest BCUT2D eigenvalue weighted by molar-refractivity contribution is 0.900. The van der Waals surface area contributed by atoms with Crippen molar-refractivity contribution in [1.82, 2.24) is 14.6 Å². The number of aromatic nitrogens is 3. The van der Waals surface area contributed by atoms with E-state index >= 15 is 0 Å². The van der Waals surface area contributed by atoms with Crippen molar-refractivity contribution in [2.75, 3.05) is 0 Å². The Morgan fingerprint density at radius 2 is 2.17 bits per heavy atom. The molecule has 0 aliphatic heterocycles. The van der Waals surface area contributed by atoms with Crippen molar-refractivity contribution in [3.8, 4) is 11.1 Å². The molecule has 90 valence electrons. The molecule has 0 radical (unpaired) electrons. The number of benzene rings is 1. The van der Waals surface area contributed by atoms with Crippen molar-refractivity contribution >= 4 is 22.3 Å². The fourth-order valence-corrected chi connectivity index (χ4v) is 2.45. The van der Waals surface area contributed by atoms with Crippen LogP contribution in [-0.2, 0) is 6.54 Å². The van der Waals surface area contributed by atoms with E-state index < -0.39 is 0 Å². The molecule has 2 aromatic heterocycles. The Bertz CT molecular complexity index is 748. The zero-order valence-electron chi connectivity index (χ0n) is 9.38. The zero-order valence-corrected chi connectivity index (χ0v) is 10.2. The van der Waals surface area contributed by atoms with E-state index in [-0.39, 0.29) is 5.56 Å². The molecule has 0 aliphatic rings. The highest BCUT2D eigenvalue weighted by atomic mass is 32.1. The molecule has 1 aromatic carbocycles. The van der Waals surface area contributed by atoms with E-state index in [1.54, 1.807) is 12.3 Å². The maximum atomic E-state index is 11.7. The van der Waals surface area contributed by atoms with Crippen LogP contribution in [0, 0.1) is 0 Å². The number of hydrogen-bond donors (Lipinski definition) is 2. The van der Waals surface area contributed by atoms with Crippen LogP contribution in [-0.4, -0.2) is 14.6 Å². The Morgan fingerprint density at radius 3 is 2.89 bits per heavy atom. The summed E-state index contributed by atoms with van der Waals surface area (Å²) < 4.78 is 4.07. The minimum Gasteiger partial charge on any atom is -0.325 e. The van der Waals surface area contributed by atoms with Crippen LogP contribution in [0.15, 0.2) is 34.6 Å². The van der Waals surface area contributed by atoms with Gasteiger partial charge in [0.05, 0.1) is 11.1 Å². The number of aromatic amines is 1. The van der Waals surface area contributed by atoms with Gasteiger partial charge in [0, 0.05) is 29.1 Å². The Kier molecular flexibility index (Phi) is 2.66. The van der Waals surface area contributed by atoms with E-state index in [0.29, 0.717) is 17.6 Å². The van der Waals surface area contributed by atoms with Crippen LogP contribution < -0.4 is 11.3 Å². The van der Waals surface area contributed by atoms with Crippen LogP contribution in [0.3, 0.4) is 0 Å². The van der Waals surface area contributed by atoms with Gasteiger partial charge in [-0.15, -0.1) is 0 Å². The lowest BCUT2D eigenvalue weighted by Crippen LogP contribution is -2.13. The minimum absolute atomic E-state index is 0.197. The van der Waals surface area contributed by atoms with Crippen LogP contribution in [0.1, 0.15) is 5.69 Å². The molecule has 5 nitrogen and oxygen atoms in total. The molecule has 3 N–H and O–H groups in total. The summed E-state index contributed by atoms with van der Waals surface area (Å²) in [6, 6.07) is 5.63. The van der Waals surface area contributed by atoms with Gasteiger partial charge in [-0.2, -0.15) is 5.10 Å². The monoisotopic (exact) mass is 258 g/mol. The van der Waals surface area contributed by atoms with Crippen LogP contribution in [0.5, 0.6) is 0 Å². The highest BCUT2D eigenvalue weighted by Crippen LogP contribution is 2.24. The first-order chi connectivity index (χ1) is 8.79. The summed E-state index contributed by atoms with van der Waals surface area (Å²) >= 11 is 1.39. The van der Waals surface area contributed by atoms with Crippen molar-refractivity contribution in [3.05, 3.63) is 45.8 Å². The average molecular weight is 258 g/mol. The van der Waals surface area contributed by atoms with Gasteiger partial charge < -0.3 is 5.73 Å². The van der Waals surface area contributed by atoms with Gasteiger partial charge in [0.2, 0.25) is 0 Å². The fraction of sp³-hybridized carbons (Fsp3) is 0.0833. The van der Waals surface area contributed by atoms with Gasteiger partial charge in [0.15, 0.2) is 0 Å². The van der Waals surface area contributed by atoms with E-state index in [9.17, 15) is 4.79 Å². The zero-order chi connectivity index (χ0) is 12.5. The summed E-state index contributed by atoms with van der Waals surface area (Å²) in [5.74, 6) is 0. The standard InChI is InChI=1S/C12H10N4OS/c13-4-11-10-3-7(8-5-14-18-6-8)1-2-9(10)12(17)16-15-11/h1-3,5-6H,4,13H2,(H,16,17). The van der Waals surface area contributed by atoms with Crippen molar-refractivity contribution in [2.45, 2.75) is 6.54 Å². The van der Waals surface area contributed by atoms with Gasteiger partial charge in [-0.3, -0.25) is 4.79 Å². The van der Waals surface area contributed by atoms with Crippen molar-refractivity contribution in [2.24, 2.45) is 5.73 Å². The Hall–Kier alpha value is -2.05. The minimum atomic E-state index is -0.197. The molecule has 6 heteroatoms. The van der Waals surface area contributed by atoms with Crippen LogP contribution in [0.25, 0.3) is 21.9 Å². The van der Waals surface area contributed by atoms with Gasteiger partial charge in [0.1, 0.15) is 0 Å². The van der Waals surface area contributed by atoms with Crippen molar-refractivity contribution in [3.63, 3.8) is 0 Å².